The van der Waals surface area contributed by atoms with Gasteiger partial charge in [0.15, 0.2) is 18.1 Å². The molecule has 2 amide bonds. The van der Waals surface area contributed by atoms with E-state index in [0.717, 1.165) is 0 Å². The highest BCUT2D eigenvalue weighted by molar-refractivity contribution is 5.96. The van der Waals surface area contributed by atoms with Crippen LogP contribution in [0.1, 0.15) is 10.4 Å². The largest absolute Gasteiger partial charge is 0.486 e. The zero-order valence-electron chi connectivity index (χ0n) is 13.1. The van der Waals surface area contributed by atoms with Gasteiger partial charge < -0.3 is 14.2 Å². The van der Waals surface area contributed by atoms with Crippen molar-refractivity contribution >= 4 is 11.8 Å². The van der Waals surface area contributed by atoms with E-state index in [2.05, 4.69) is 10.9 Å². The minimum Gasteiger partial charge on any atom is -0.486 e. The molecule has 2 N–H and O–H groups in total. The molecule has 0 bridgehead atoms. The Labute approximate surface area is 142 Å². The van der Waals surface area contributed by atoms with Gasteiger partial charge in [-0.3, -0.25) is 20.4 Å². The number of carbonyl (C=O) groups is 2. The minimum absolute atomic E-state index is 0.309. The fourth-order valence-corrected chi connectivity index (χ4v) is 2.10. The van der Waals surface area contributed by atoms with Gasteiger partial charge in [-0.05, 0) is 42.5 Å². The zero-order valence-corrected chi connectivity index (χ0v) is 13.1. The van der Waals surface area contributed by atoms with Gasteiger partial charge in [0.1, 0.15) is 24.8 Å². The molecule has 0 fully saturated rings. The van der Waals surface area contributed by atoms with Gasteiger partial charge in [-0.2, -0.15) is 0 Å². The maximum absolute atomic E-state index is 12.8. The van der Waals surface area contributed by atoms with Crippen molar-refractivity contribution in [1.29, 1.82) is 0 Å². The van der Waals surface area contributed by atoms with Crippen LogP contribution >= 0.6 is 0 Å². The Hall–Kier alpha value is -3.29. The number of amides is 2. The van der Waals surface area contributed by atoms with Crippen molar-refractivity contribution in [3.63, 3.8) is 0 Å². The van der Waals surface area contributed by atoms with E-state index in [9.17, 15) is 14.0 Å². The molecule has 0 radical (unpaired) electrons. The Balaban J connectivity index is 1.48. The van der Waals surface area contributed by atoms with Gasteiger partial charge in [-0.25, -0.2) is 4.39 Å². The average Bonchev–Trinajstić information content (AvgIpc) is 2.65. The molecule has 25 heavy (non-hydrogen) atoms. The van der Waals surface area contributed by atoms with Crippen LogP contribution in [0.2, 0.25) is 0 Å². The van der Waals surface area contributed by atoms with Crippen LogP contribution in [0.3, 0.4) is 0 Å². The van der Waals surface area contributed by atoms with Gasteiger partial charge in [0.25, 0.3) is 11.8 Å². The lowest BCUT2D eigenvalue weighted by atomic mass is 10.2. The molecule has 1 aliphatic rings. The van der Waals surface area contributed by atoms with Crippen LogP contribution in [-0.2, 0) is 4.79 Å². The highest BCUT2D eigenvalue weighted by Crippen LogP contribution is 2.30. The molecule has 0 aliphatic carbocycles. The van der Waals surface area contributed by atoms with Crippen LogP contribution in [0, 0.1) is 5.82 Å². The first-order valence-electron chi connectivity index (χ1n) is 7.49. The summed E-state index contributed by atoms with van der Waals surface area (Å²) in [5, 5.41) is 0. The lowest BCUT2D eigenvalue weighted by Gasteiger charge is -2.18. The Bertz CT molecular complexity index is 779. The number of hydrogen-bond acceptors (Lipinski definition) is 5. The number of hydrogen-bond donors (Lipinski definition) is 2. The van der Waals surface area contributed by atoms with Gasteiger partial charge in [0.05, 0.1) is 0 Å². The van der Waals surface area contributed by atoms with Crippen LogP contribution in [-0.4, -0.2) is 31.6 Å². The van der Waals surface area contributed by atoms with Crippen molar-refractivity contribution in [3.05, 3.63) is 53.8 Å². The van der Waals surface area contributed by atoms with E-state index in [0.29, 0.717) is 36.0 Å². The molecule has 3 rings (SSSR count). The highest BCUT2D eigenvalue weighted by atomic mass is 19.1. The summed E-state index contributed by atoms with van der Waals surface area (Å²) in [6.45, 7) is 0.547. The molecule has 8 heteroatoms. The first-order chi connectivity index (χ1) is 12.1. The summed E-state index contributed by atoms with van der Waals surface area (Å²) < 4.78 is 28.7. The molecule has 0 saturated carbocycles. The van der Waals surface area contributed by atoms with Crippen molar-refractivity contribution in [2.24, 2.45) is 0 Å². The van der Waals surface area contributed by atoms with E-state index in [1.165, 1.54) is 30.3 Å². The van der Waals surface area contributed by atoms with Crippen molar-refractivity contribution in [1.82, 2.24) is 10.9 Å². The van der Waals surface area contributed by atoms with Gasteiger partial charge in [0.2, 0.25) is 0 Å². The molecule has 130 valence electrons. The van der Waals surface area contributed by atoms with E-state index in [1.807, 2.05) is 0 Å². The lowest BCUT2D eigenvalue weighted by Crippen LogP contribution is -2.43. The first kappa shape index (κ1) is 16.6. The summed E-state index contributed by atoms with van der Waals surface area (Å²) >= 11 is 0. The molecule has 0 spiro atoms. The number of halogens is 1. The summed E-state index contributed by atoms with van der Waals surface area (Å²) in [4.78, 5) is 23.7. The second kappa shape index (κ2) is 7.52. The van der Waals surface area contributed by atoms with E-state index >= 15 is 0 Å². The number of ether oxygens (including phenoxy) is 3. The standard InChI is InChI=1S/C17H15FN2O5/c18-12-2-4-13(5-3-12)25-10-16(21)19-20-17(22)11-1-6-14-15(9-11)24-8-7-23-14/h1-6,9H,7-8,10H2,(H,19,21)(H,20,22). The van der Waals surface area contributed by atoms with Crippen LogP contribution in [0.15, 0.2) is 42.5 Å². The molecular formula is C17H15FN2O5. The van der Waals surface area contributed by atoms with Crippen molar-refractivity contribution < 1.29 is 28.2 Å². The Morgan fingerprint density at radius 2 is 1.72 bits per heavy atom. The molecule has 7 nitrogen and oxygen atoms in total. The van der Waals surface area contributed by atoms with Gasteiger partial charge in [0, 0.05) is 5.56 Å². The molecule has 1 heterocycles. The zero-order chi connectivity index (χ0) is 17.6. The van der Waals surface area contributed by atoms with Crippen LogP contribution < -0.4 is 25.1 Å². The average molecular weight is 346 g/mol. The summed E-state index contributed by atoms with van der Waals surface area (Å²) in [7, 11) is 0. The number of benzene rings is 2. The number of hydrazine groups is 1. The van der Waals surface area contributed by atoms with Crippen LogP contribution in [0.5, 0.6) is 17.2 Å². The number of carbonyl (C=O) groups excluding carboxylic acids is 2. The monoisotopic (exact) mass is 346 g/mol. The van der Waals surface area contributed by atoms with E-state index in [4.69, 9.17) is 14.2 Å². The molecule has 2 aromatic rings. The van der Waals surface area contributed by atoms with Crippen LogP contribution in [0.25, 0.3) is 0 Å². The lowest BCUT2D eigenvalue weighted by molar-refractivity contribution is -0.123. The molecule has 0 atom stereocenters. The predicted molar refractivity (Wildman–Crippen MR) is 84.9 cm³/mol. The van der Waals surface area contributed by atoms with Crippen molar-refractivity contribution in [2.75, 3.05) is 19.8 Å². The maximum atomic E-state index is 12.8. The fraction of sp³-hybridized carbons (Fsp3) is 0.176. The Morgan fingerprint density at radius 3 is 2.48 bits per heavy atom. The smallest absolute Gasteiger partial charge is 0.276 e. The molecule has 2 aromatic carbocycles. The summed E-state index contributed by atoms with van der Waals surface area (Å²) in [6, 6.07) is 9.96. The molecule has 1 aliphatic heterocycles. The molecule has 0 aromatic heterocycles. The summed E-state index contributed by atoms with van der Waals surface area (Å²) in [6.07, 6.45) is 0. The van der Waals surface area contributed by atoms with Crippen LogP contribution in [0.4, 0.5) is 4.39 Å². The molecule has 0 unspecified atom stereocenters. The van der Waals surface area contributed by atoms with E-state index in [1.54, 1.807) is 12.1 Å². The highest BCUT2D eigenvalue weighted by Gasteiger charge is 2.15. The van der Waals surface area contributed by atoms with Gasteiger partial charge in [-0.15, -0.1) is 0 Å². The number of nitrogens with one attached hydrogen (secondary N) is 2. The minimum atomic E-state index is -0.560. The third kappa shape index (κ3) is 4.37. The predicted octanol–water partition coefficient (Wildman–Crippen LogP) is 1.44. The molecule has 0 saturated heterocycles. The first-order valence-corrected chi connectivity index (χ1v) is 7.49. The second-order valence-corrected chi connectivity index (χ2v) is 5.10. The van der Waals surface area contributed by atoms with E-state index < -0.39 is 17.6 Å². The summed E-state index contributed by atoms with van der Waals surface area (Å²) in [5.74, 6) is -0.0788. The molecular weight excluding hydrogens is 331 g/mol. The Morgan fingerprint density at radius 1 is 1.00 bits per heavy atom. The van der Waals surface area contributed by atoms with Crippen molar-refractivity contribution in [3.8, 4) is 17.2 Å². The third-order valence-electron chi connectivity index (χ3n) is 3.30. The van der Waals surface area contributed by atoms with Gasteiger partial charge >= 0.3 is 0 Å². The Kier molecular flexibility index (Phi) is 4.98. The number of fused-ring (bicyclic) bond motifs is 1. The fourth-order valence-electron chi connectivity index (χ4n) is 2.10. The summed E-state index contributed by atoms with van der Waals surface area (Å²) in [5.41, 5.74) is 4.82. The normalized spacial score (nSPS) is 12.2. The topological polar surface area (TPSA) is 85.9 Å². The van der Waals surface area contributed by atoms with E-state index in [-0.39, 0.29) is 6.61 Å². The maximum Gasteiger partial charge on any atom is 0.276 e. The van der Waals surface area contributed by atoms with Gasteiger partial charge in [-0.1, -0.05) is 0 Å². The SMILES string of the molecule is O=C(COc1ccc(F)cc1)NNC(=O)c1ccc2c(c1)OCCO2. The second-order valence-electron chi connectivity index (χ2n) is 5.10. The number of rotatable bonds is 4. The van der Waals surface area contributed by atoms with Crippen molar-refractivity contribution in [2.45, 2.75) is 0 Å². The quantitative estimate of drug-likeness (QED) is 0.818. The third-order valence-corrected chi connectivity index (χ3v) is 3.30.